The van der Waals surface area contributed by atoms with Crippen LogP contribution in [0.3, 0.4) is 0 Å². The molecule has 11 heavy (non-hydrogen) atoms. The Morgan fingerprint density at radius 2 is 2.18 bits per heavy atom. The second-order valence-electron chi connectivity index (χ2n) is 4.02. The van der Waals surface area contributed by atoms with E-state index in [1.807, 2.05) is 0 Å². The molecule has 1 aliphatic carbocycles. The van der Waals surface area contributed by atoms with Crippen LogP contribution in [-0.2, 0) is 4.74 Å². The van der Waals surface area contributed by atoms with E-state index >= 15 is 0 Å². The first kappa shape index (κ1) is 7.56. The number of hydrogen-bond donors (Lipinski definition) is 1. The second kappa shape index (κ2) is 2.76. The van der Waals surface area contributed by atoms with Gasteiger partial charge in [-0.1, -0.05) is 6.92 Å². The third kappa shape index (κ3) is 1.18. The molecular formula is C9H17NO. The third-order valence-corrected chi connectivity index (χ3v) is 3.18. The highest BCUT2D eigenvalue weighted by Gasteiger charge is 2.40. The molecule has 0 aromatic rings. The van der Waals surface area contributed by atoms with Gasteiger partial charge in [-0.3, -0.25) is 0 Å². The molecule has 1 heterocycles. The van der Waals surface area contributed by atoms with Gasteiger partial charge in [-0.2, -0.15) is 0 Å². The summed E-state index contributed by atoms with van der Waals surface area (Å²) in [6.07, 6.45) is 4.20. The van der Waals surface area contributed by atoms with Gasteiger partial charge in [0.05, 0.1) is 6.10 Å². The van der Waals surface area contributed by atoms with Crippen molar-refractivity contribution in [3.63, 3.8) is 0 Å². The molecule has 2 heteroatoms. The third-order valence-electron chi connectivity index (χ3n) is 3.18. The lowest BCUT2D eigenvalue weighted by Gasteiger charge is -2.31. The van der Waals surface area contributed by atoms with E-state index in [1.54, 1.807) is 0 Å². The summed E-state index contributed by atoms with van der Waals surface area (Å²) in [6.45, 7) is 3.19. The number of fused-ring (bicyclic) bond motifs is 1. The van der Waals surface area contributed by atoms with Crippen LogP contribution in [0.5, 0.6) is 0 Å². The van der Waals surface area contributed by atoms with Crippen LogP contribution in [0.1, 0.15) is 26.2 Å². The fraction of sp³-hybridized carbons (Fsp3) is 1.00. The van der Waals surface area contributed by atoms with Gasteiger partial charge in [-0.05, 0) is 25.2 Å². The molecule has 4 atom stereocenters. The molecular weight excluding hydrogens is 138 g/mol. The summed E-state index contributed by atoms with van der Waals surface area (Å²) in [7, 11) is 0. The van der Waals surface area contributed by atoms with Crippen molar-refractivity contribution in [2.24, 2.45) is 17.6 Å². The summed E-state index contributed by atoms with van der Waals surface area (Å²) in [4.78, 5) is 0. The summed E-state index contributed by atoms with van der Waals surface area (Å²) in [5, 5.41) is 0. The Morgan fingerprint density at radius 3 is 2.91 bits per heavy atom. The molecule has 1 saturated carbocycles. The summed E-state index contributed by atoms with van der Waals surface area (Å²) >= 11 is 0. The minimum atomic E-state index is 0.409. The molecule has 0 unspecified atom stereocenters. The average molecular weight is 155 g/mol. The van der Waals surface area contributed by atoms with E-state index in [-0.39, 0.29) is 0 Å². The zero-order valence-electron chi connectivity index (χ0n) is 7.12. The van der Waals surface area contributed by atoms with Crippen molar-refractivity contribution in [2.75, 3.05) is 6.61 Å². The summed E-state index contributed by atoms with van der Waals surface area (Å²) in [6, 6.07) is 0.409. The van der Waals surface area contributed by atoms with Gasteiger partial charge in [0.15, 0.2) is 0 Å². The molecule has 0 spiro atoms. The standard InChI is InChI=1S/C9H17NO/c1-6-5-11-8-4-2-3-7(10)9(6)8/h6-9H,2-5,10H2,1H3/t6-,7+,8-,9+/m0/s1. The Kier molecular flexibility index (Phi) is 1.90. The van der Waals surface area contributed by atoms with Crippen LogP contribution >= 0.6 is 0 Å². The van der Waals surface area contributed by atoms with Crippen LogP contribution in [0.4, 0.5) is 0 Å². The maximum atomic E-state index is 6.03. The van der Waals surface area contributed by atoms with Crippen LogP contribution in [-0.4, -0.2) is 18.8 Å². The largest absolute Gasteiger partial charge is 0.378 e. The Morgan fingerprint density at radius 1 is 1.36 bits per heavy atom. The van der Waals surface area contributed by atoms with E-state index in [1.165, 1.54) is 19.3 Å². The SMILES string of the molecule is C[C@H]1CO[C@H]2CCC[C@@H](N)[C@H]21. The fourth-order valence-electron chi connectivity index (χ4n) is 2.58. The molecule has 0 amide bonds. The molecule has 2 fully saturated rings. The highest BCUT2D eigenvalue weighted by Crippen LogP contribution is 2.36. The van der Waals surface area contributed by atoms with E-state index in [0.717, 1.165) is 6.61 Å². The molecule has 1 aliphatic heterocycles. The van der Waals surface area contributed by atoms with Crippen molar-refractivity contribution in [3.8, 4) is 0 Å². The molecule has 2 aliphatic rings. The lowest BCUT2D eigenvalue weighted by Crippen LogP contribution is -2.41. The van der Waals surface area contributed by atoms with Crippen LogP contribution in [0, 0.1) is 11.8 Å². The highest BCUT2D eigenvalue weighted by atomic mass is 16.5. The lowest BCUT2D eigenvalue weighted by molar-refractivity contribution is 0.0593. The zero-order chi connectivity index (χ0) is 7.84. The minimum absolute atomic E-state index is 0.409. The summed E-state index contributed by atoms with van der Waals surface area (Å²) in [5.74, 6) is 1.35. The molecule has 2 rings (SSSR count). The predicted octanol–water partition coefficient (Wildman–Crippen LogP) is 1.15. The van der Waals surface area contributed by atoms with Crippen LogP contribution < -0.4 is 5.73 Å². The maximum Gasteiger partial charge on any atom is 0.0621 e. The lowest BCUT2D eigenvalue weighted by atomic mass is 9.78. The Labute approximate surface area is 68.1 Å². The van der Waals surface area contributed by atoms with Gasteiger partial charge in [0.25, 0.3) is 0 Å². The quantitative estimate of drug-likeness (QED) is 0.569. The molecule has 0 radical (unpaired) electrons. The minimum Gasteiger partial charge on any atom is -0.378 e. The molecule has 0 bridgehead atoms. The smallest absolute Gasteiger partial charge is 0.0621 e. The average Bonchev–Trinajstić information content (AvgIpc) is 2.34. The summed E-state index contributed by atoms with van der Waals surface area (Å²) < 4.78 is 5.66. The molecule has 0 aromatic heterocycles. The molecule has 2 N–H and O–H groups in total. The van der Waals surface area contributed by atoms with Gasteiger partial charge in [0.2, 0.25) is 0 Å². The highest BCUT2D eigenvalue weighted by molar-refractivity contribution is 4.91. The predicted molar refractivity (Wildman–Crippen MR) is 44.2 cm³/mol. The van der Waals surface area contributed by atoms with Gasteiger partial charge in [0, 0.05) is 18.6 Å². The molecule has 1 saturated heterocycles. The van der Waals surface area contributed by atoms with Crippen LogP contribution in [0.15, 0.2) is 0 Å². The van der Waals surface area contributed by atoms with Gasteiger partial charge >= 0.3 is 0 Å². The van der Waals surface area contributed by atoms with Crippen LogP contribution in [0.25, 0.3) is 0 Å². The van der Waals surface area contributed by atoms with Crippen LogP contribution in [0.2, 0.25) is 0 Å². The van der Waals surface area contributed by atoms with E-state index in [4.69, 9.17) is 10.5 Å². The van der Waals surface area contributed by atoms with Crippen molar-refractivity contribution < 1.29 is 4.74 Å². The first-order valence-electron chi connectivity index (χ1n) is 4.66. The maximum absolute atomic E-state index is 6.03. The van der Waals surface area contributed by atoms with Crippen molar-refractivity contribution in [1.29, 1.82) is 0 Å². The monoisotopic (exact) mass is 155 g/mol. The topological polar surface area (TPSA) is 35.2 Å². The number of ether oxygens (including phenoxy) is 1. The fourth-order valence-corrected chi connectivity index (χ4v) is 2.58. The van der Waals surface area contributed by atoms with Crippen molar-refractivity contribution in [1.82, 2.24) is 0 Å². The molecule has 64 valence electrons. The van der Waals surface area contributed by atoms with Gasteiger partial charge < -0.3 is 10.5 Å². The van der Waals surface area contributed by atoms with Crippen molar-refractivity contribution >= 4 is 0 Å². The Balaban J connectivity index is 2.08. The molecule has 2 nitrogen and oxygen atoms in total. The number of hydrogen-bond acceptors (Lipinski definition) is 2. The first-order valence-corrected chi connectivity index (χ1v) is 4.66. The Bertz CT molecular complexity index is 146. The van der Waals surface area contributed by atoms with E-state index in [0.29, 0.717) is 24.0 Å². The number of nitrogens with two attached hydrogens (primary N) is 1. The second-order valence-corrected chi connectivity index (χ2v) is 4.02. The van der Waals surface area contributed by atoms with E-state index in [9.17, 15) is 0 Å². The summed E-state index contributed by atoms with van der Waals surface area (Å²) in [5.41, 5.74) is 6.03. The van der Waals surface area contributed by atoms with Gasteiger partial charge in [0.1, 0.15) is 0 Å². The van der Waals surface area contributed by atoms with Crippen molar-refractivity contribution in [2.45, 2.75) is 38.3 Å². The normalized spacial score (nSPS) is 50.7. The first-order chi connectivity index (χ1) is 5.29. The Hall–Kier alpha value is -0.0800. The molecule has 0 aromatic carbocycles. The van der Waals surface area contributed by atoms with Gasteiger partial charge in [-0.15, -0.1) is 0 Å². The van der Waals surface area contributed by atoms with Crippen molar-refractivity contribution in [3.05, 3.63) is 0 Å². The van der Waals surface area contributed by atoms with E-state index in [2.05, 4.69) is 6.92 Å². The van der Waals surface area contributed by atoms with E-state index < -0.39 is 0 Å². The zero-order valence-corrected chi connectivity index (χ0v) is 7.12. The number of rotatable bonds is 0. The van der Waals surface area contributed by atoms with Gasteiger partial charge in [-0.25, -0.2) is 0 Å².